The van der Waals surface area contributed by atoms with Gasteiger partial charge < -0.3 is 9.88 Å². The van der Waals surface area contributed by atoms with Gasteiger partial charge in [-0.1, -0.05) is 30.3 Å². The first-order valence-corrected chi connectivity index (χ1v) is 8.86. The van der Waals surface area contributed by atoms with Gasteiger partial charge >= 0.3 is 0 Å². The number of nitrogens with zero attached hydrogens (tertiary/aromatic N) is 3. The predicted molar refractivity (Wildman–Crippen MR) is 94.1 cm³/mol. The minimum atomic E-state index is -0.0271. The zero-order chi connectivity index (χ0) is 16.5. The van der Waals surface area contributed by atoms with Gasteiger partial charge in [0.25, 0.3) is 5.91 Å². The fourth-order valence-corrected chi connectivity index (χ4v) is 4.02. The summed E-state index contributed by atoms with van der Waals surface area (Å²) in [5.41, 5.74) is 1.83. The monoisotopic (exact) mass is 338 g/mol. The van der Waals surface area contributed by atoms with E-state index in [4.69, 9.17) is 0 Å². The van der Waals surface area contributed by atoms with Gasteiger partial charge in [-0.2, -0.15) is 0 Å². The molecule has 122 valence electrons. The Balaban J connectivity index is 1.50. The number of benzene rings is 1. The Morgan fingerprint density at radius 3 is 3.00 bits per heavy atom. The van der Waals surface area contributed by atoms with Crippen LogP contribution >= 0.6 is 11.3 Å². The minimum Gasteiger partial charge on any atom is -0.347 e. The number of rotatable bonds is 3. The van der Waals surface area contributed by atoms with Gasteiger partial charge in [0.1, 0.15) is 15.7 Å². The van der Waals surface area contributed by atoms with E-state index in [1.54, 1.807) is 0 Å². The maximum absolute atomic E-state index is 12.7. The lowest BCUT2D eigenvalue weighted by atomic mass is 10.1. The van der Waals surface area contributed by atoms with Crippen LogP contribution < -0.4 is 5.32 Å². The molecule has 0 radical (unpaired) electrons. The molecule has 0 unspecified atom stereocenters. The Morgan fingerprint density at radius 1 is 1.33 bits per heavy atom. The SMILES string of the molecule is Cc1nc(-c2ccccc2)sc1C(=O)N[C@@H]1CCc2nccn2C1. The summed E-state index contributed by atoms with van der Waals surface area (Å²) < 4.78 is 2.11. The van der Waals surface area contributed by atoms with Gasteiger partial charge in [-0.15, -0.1) is 11.3 Å². The Labute approximate surface area is 144 Å². The highest BCUT2D eigenvalue weighted by Gasteiger charge is 2.23. The van der Waals surface area contributed by atoms with E-state index in [1.165, 1.54) is 11.3 Å². The number of thiazole rings is 1. The number of hydrogen-bond acceptors (Lipinski definition) is 4. The topological polar surface area (TPSA) is 59.8 Å². The summed E-state index contributed by atoms with van der Waals surface area (Å²) in [7, 11) is 0. The average Bonchev–Trinajstić information content (AvgIpc) is 3.21. The molecular weight excluding hydrogens is 320 g/mol. The maximum atomic E-state index is 12.7. The van der Waals surface area contributed by atoms with Crippen LogP contribution in [0, 0.1) is 6.92 Å². The number of imidazole rings is 1. The second-order valence-corrected chi connectivity index (χ2v) is 7.00. The van der Waals surface area contributed by atoms with Crippen molar-refractivity contribution in [1.29, 1.82) is 0 Å². The number of fused-ring (bicyclic) bond motifs is 1. The first-order chi connectivity index (χ1) is 11.7. The molecule has 5 nitrogen and oxygen atoms in total. The van der Waals surface area contributed by atoms with E-state index in [1.807, 2.05) is 49.6 Å². The van der Waals surface area contributed by atoms with Gasteiger partial charge in [0.05, 0.1) is 5.69 Å². The van der Waals surface area contributed by atoms with E-state index in [-0.39, 0.29) is 11.9 Å². The van der Waals surface area contributed by atoms with Crippen molar-refractivity contribution in [3.63, 3.8) is 0 Å². The van der Waals surface area contributed by atoms with E-state index in [2.05, 4.69) is 19.9 Å². The highest BCUT2D eigenvalue weighted by Crippen LogP contribution is 2.28. The summed E-state index contributed by atoms with van der Waals surface area (Å²) in [5.74, 6) is 1.07. The van der Waals surface area contributed by atoms with Crippen molar-refractivity contribution in [3.8, 4) is 10.6 Å². The smallest absolute Gasteiger partial charge is 0.263 e. The van der Waals surface area contributed by atoms with Crippen LogP contribution in [0.5, 0.6) is 0 Å². The molecule has 0 saturated heterocycles. The zero-order valence-electron chi connectivity index (χ0n) is 13.4. The fourth-order valence-electron chi connectivity index (χ4n) is 3.05. The second-order valence-electron chi connectivity index (χ2n) is 6.00. The van der Waals surface area contributed by atoms with Crippen LogP contribution in [0.2, 0.25) is 0 Å². The van der Waals surface area contributed by atoms with E-state index in [0.717, 1.165) is 41.5 Å². The Bertz CT molecular complexity index is 868. The molecule has 1 atom stereocenters. The number of amides is 1. The Kier molecular flexibility index (Phi) is 3.90. The van der Waals surface area contributed by atoms with Crippen LogP contribution in [0.25, 0.3) is 10.6 Å². The van der Waals surface area contributed by atoms with Crippen molar-refractivity contribution in [2.75, 3.05) is 0 Å². The summed E-state index contributed by atoms with van der Waals surface area (Å²) in [5, 5.41) is 4.04. The highest BCUT2D eigenvalue weighted by atomic mass is 32.1. The number of carbonyl (C=O) groups is 1. The number of carbonyl (C=O) groups excluding carboxylic acids is 1. The molecule has 24 heavy (non-hydrogen) atoms. The quantitative estimate of drug-likeness (QED) is 0.798. The van der Waals surface area contributed by atoms with Gasteiger partial charge in [-0.3, -0.25) is 4.79 Å². The Morgan fingerprint density at radius 2 is 2.17 bits per heavy atom. The summed E-state index contributed by atoms with van der Waals surface area (Å²) in [4.78, 5) is 22.2. The third kappa shape index (κ3) is 2.85. The summed E-state index contributed by atoms with van der Waals surface area (Å²) >= 11 is 1.45. The normalized spacial score (nSPS) is 16.6. The van der Waals surface area contributed by atoms with Crippen LogP contribution in [-0.4, -0.2) is 26.5 Å². The standard InChI is InChI=1S/C18H18N4OS/c1-12-16(24-18(20-12)13-5-3-2-4-6-13)17(23)21-14-7-8-15-19-9-10-22(15)11-14/h2-6,9-10,14H,7-8,11H2,1H3,(H,21,23)/t14-/m1/s1. The van der Waals surface area contributed by atoms with Crippen LogP contribution in [0.15, 0.2) is 42.7 Å². The molecule has 0 spiro atoms. The molecular formula is C18H18N4OS. The van der Waals surface area contributed by atoms with Crippen LogP contribution in [-0.2, 0) is 13.0 Å². The van der Waals surface area contributed by atoms with Crippen molar-refractivity contribution >= 4 is 17.2 Å². The molecule has 2 aromatic heterocycles. The molecule has 3 heterocycles. The summed E-state index contributed by atoms with van der Waals surface area (Å²) in [6.45, 7) is 2.68. The van der Waals surface area contributed by atoms with Gasteiger partial charge in [0.2, 0.25) is 0 Å². The number of aryl methyl sites for hydroxylation is 2. The third-order valence-corrected chi connectivity index (χ3v) is 5.50. The summed E-state index contributed by atoms with van der Waals surface area (Å²) in [6, 6.07) is 10.1. The molecule has 1 aromatic carbocycles. The lowest BCUT2D eigenvalue weighted by Crippen LogP contribution is -2.40. The van der Waals surface area contributed by atoms with Crippen molar-refractivity contribution in [2.45, 2.75) is 32.4 Å². The molecule has 0 saturated carbocycles. The second kappa shape index (κ2) is 6.20. The highest BCUT2D eigenvalue weighted by molar-refractivity contribution is 7.17. The van der Waals surface area contributed by atoms with Crippen LogP contribution in [0.4, 0.5) is 0 Å². The average molecular weight is 338 g/mol. The molecule has 3 aromatic rings. The lowest BCUT2D eigenvalue weighted by molar-refractivity contribution is 0.0931. The molecule has 1 N–H and O–H groups in total. The summed E-state index contributed by atoms with van der Waals surface area (Å²) in [6.07, 6.45) is 5.61. The molecule has 1 aliphatic rings. The Hall–Kier alpha value is -2.47. The maximum Gasteiger partial charge on any atom is 0.263 e. The molecule has 6 heteroatoms. The largest absolute Gasteiger partial charge is 0.347 e. The van der Waals surface area contributed by atoms with Crippen molar-refractivity contribution in [2.24, 2.45) is 0 Å². The van der Waals surface area contributed by atoms with Crippen LogP contribution in [0.3, 0.4) is 0 Å². The molecule has 0 aliphatic carbocycles. The van der Waals surface area contributed by atoms with Crippen molar-refractivity contribution in [3.05, 3.63) is 59.1 Å². The van der Waals surface area contributed by atoms with Gasteiger partial charge in [-0.05, 0) is 13.3 Å². The number of nitrogens with one attached hydrogen (secondary N) is 1. The van der Waals surface area contributed by atoms with Gasteiger partial charge in [0, 0.05) is 37.0 Å². The van der Waals surface area contributed by atoms with E-state index in [9.17, 15) is 4.79 Å². The molecule has 1 aliphatic heterocycles. The minimum absolute atomic E-state index is 0.0271. The first kappa shape index (κ1) is 15.1. The molecule has 0 bridgehead atoms. The molecule has 4 rings (SSSR count). The number of aromatic nitrogens is 3. The predicted octanol–water partition coefficient (Wildman–Crippen LogP) is 3.06. The van der Waals surface area contributed by atoms with E-state index in [0.29, 0.717) is 4.88 Å². The zero-order valence-corrected chi connectivity index (χ0v) is 14.2. The van der Waals surface area contributed by atoms with E-state index >= 15 is 0 Å². The van der Waals surface area contributed by atoms with Crippen molar-refractivity contribution in [1.82, 2.24) is 19.9 Å². The third-order valence-electron chi connectivity index (χ3n) is 4.29. The van der Waals surface area contributed by atoms with Crippen LogP contribution in [0.1, 0.15) is 27.6 Å². The van der Waals surface area contributed by atoms with Crippen molar-refractivity contribution < 1.29 is 4.79 Å². The lowest BCUT2D eigenvalue weighted by Gasteiger charge is -2.24. The molecule has 0 fully saturated rings. The fraction of sp³-hybridized carbons (Fsp3) is 0.278. The number of hydrogen-bond donors (Lipinski definition) is 1. The van der Waals surface area contributed by atoms with Gasteiger partial charge in [-0.25, -0.2) is 9.97 Å². The van der Waals surface area contributed by atoms with Gasteiger partial charge in [0.15, 0.2) is 0 Å². The van der Waals surface area contributed by atoms with E-state index < -0.39 is 0 Å². The first-order valence-electron chi connectivity index (χ1n) is 8.04. The molecule has 1 amide bonds.